The molecule has 8 heteroatoms. The van der Waals surface area contributed by atoms with E-state index in [4.69, 9.17) is 4.74 Å². The number of aromatic hydroxyl groups is 1. The third kappa shape index (κ3) is 6.83. The van der Waals surface area contributed by atoms with E-state index in [1.807, 2.05) is 21.9 Å². The Balaban J connectivity index is 0.000000174. The second-order valence-corrected chi connectivity index (χ2v) is 9.67. The molecule has 3 fully saturated rings. The molecule has 36 heavy (non-hydrogen) atoms. The van der Waals surface area contributed by atoms with E-state index in [0.717, 1.165) is 63.8 Å². The minimum absolute atomic E-state index is 0.144. The van der Waals surface area contributed by atoms with Crippen molar-refractivity contribution in [1.29, 1.82) is 0 Å². The van der Waals surface area contributed by atoms with Crippen LogP contribution in [0.1, 0.15) is 33.1 Å². The molecule has 2 heterocycles. The van der Waals surface area contributed by atoms with Crippen LogP contribution in [0.3, 0.4) is 0 Å². The summed E-state index contributed by atoms with van der Waals surface area (Å²) >= 11 is 0. The van der Waals surface area contributed by atoms with Crippen molar-refractivity contribution >= 4 is 23.2 Å². The van der Waals surface area contributed by atoms with Crippen LogP contribution in [0.15, 0.2) is 48.5 Å². The van der Waals surface area contributed by atoms with E-state index in [0.29, 0.717) is 6.10 Å². The van der Waals surface area contributed by atoms with Crippen molar-refractivity contribution in [2.24, 2.45) is 0 Å². The lowest BCUT2D eigenvalue weighted by atomic mass is 9.96. The number of carbonyl (C=O) groups is 2. The van der Waals surface area contributed by atoms with Gasteiger partial charge in [-0.3, -0.25) is 9.59 Å². The Hall–Kier alpha value is -3.42. The highest BCUT2D eigenvalue weighted by molar-refractivity contribution is 5.74. The normalized spacial score (nSPS) is 18.2. The van der Waals surface area contributed by atoms with Gasteiger partial charge >= 0.3 is 0 Å². The first-order chi connectivity index (χ1) is 17.4. The fourth-order valence-corrected chi connectivity index (χ4v) is 4.64. The van der Waals surface area contributed by atoms with Gasteiger partial charge in [0.2, 0.25) is 11.8 Å². The maximum atomic E-state index is 11.3. The van der Waals surface area contributed by atoms with Crippen molar-refractivity contribution in [3.8, 4) is 11.5 Å². The van der Waals surface area contributed by atoms with Crippen LogP contribution in [0.25, 0.3) is 0 Å². The minimum Gasteiger partial charge on any atom is -0.508 e. The van der Waals surface area contributed by atoms with Gasteiger partial charge in [0.15, 0.2) is 0 Å². The molecule has 2 aromatic carbocycles. The lowest BCUT2D eigenvalue weighted by Gasteiger charge is -2.35. The van der Waals surface area contributed by atoms with Crippen molar-refractivity contribution in [2.45, 2.75) is 39.2 Å². The Morgan fingerprint density at radius 2 is 1.11 bits per heavy atom. The fourth-order valence-electron chi connectivity index (χ4n) is 4.64. The number of phenols is 1. The lowest BCUT2D eigenvalue weighted by molar-refractivity contribution is -0.129. The Kier molecular flexibility index (Phi) is 8.57. The summed E-state index contributed by atoms with van der Waals surface area (Å²) in [5, 5.41) is 9.20. The summed E-state index contributed by atoms with van der Waals surface area (Å²) in [5.74, 6) is 1.58. The van der Waals surface area contributed by atoms with Crippen molar-refractivity contribution in [2.75, 3.05) is 62.2 Å². The van der Waals surface area contributed by atoms with E-state index in [1.165, 1.54) is 24.9 Å². The van der Waals surface area contributed by atoms with Crippen LogP contribution in [0.2, 0.25) is 0 Å². The zero-order chi connectivity index (χ0) is 25.5. The summed E-state index contributed by atoms with van der Waals surface area (Å²) < 4.78 is 5.87. The average Bonchev–Trinajstić information content (AvgIpc) is 2.87. The molecule has 2 aromatic rings. The molecular weight excluding hydrogens is 456 g/mol. The summed E-state index contributed by atoms with van der Waals surface area (Å²) in [7, 11) is 0. The number of piperazine rings is 2. The van der Waals surface area contributed by atoms with Gasteiger partial charge in [-0.25, -0.2) is 0 Å². The van der Waals surface area contributed by atoms with Crippen molar-refractivity contribution in [1.82, 2.24) is 9.80 Å². The molecule has 0 bridgehead atoms. The molecule has 8 nitrogen and oxygen atoms in total. The highest BCUT2D eigenvalue weighted by Crippen LogP contribution is 2.27. The van der Waals surface area contributed by atoms with Crippen LogP contribution in [0, 0.1) is 0 Å². The third-order valence-electron chi connectivity index (χ3n) is 7.22. The molecule has 0 unspecified atom stereocenters. The van der Waals surface area contributed by atoms with Gasteiger partial charge in [-0.1, -0.05) is 0 Å². The second-order valence-electron chi connectivity index (χ2n) is 9.67. The van der Waals surface area contributed by atoms with Gasteiger partial charge in [-0.05, 0) is 67.8 Å². The topological polar surface area (TPSA) is 76.6 Å². The Bertz CT molecular complexity index is 991. The highest BCUT2D eigenvalue weighted by atomic mass is 16.5. The van der Waals surface area contributed by atoms with Gasteiger partial charge in [0, 0.05) is 77.6 Å². The average molecular weight is 495 g/mol. The largest absolute Gasteiger partial charge is 0.508 e. The minimum atomic E-state index is 0.144. The Morgan fingerprint density at radius 3 is 1.47 bits per heavy atom. The maximum absolute atomic E-state index is 11.3. The molecular formula is C28H38N4O4. The molecule has 3 aliphatic rings. The van der Waals surface area contributed by atoms with E-state index in [-0.39, 0.29) is 17.6 Å². The monoisotopic (exact) mass is 494 g/mol. The summed E-state index contributed by atoms with van der Waals surface area (Å²) in [6.07, 6.45) is 4.10. The number of hydrogen-bond acceptors (Lipinski definition) is 6. The molecule has 0 aromatic heterocycles. The summed E-state index contributed by atoms with van der Waals surface area (Å²) in [6, 6.07) is 15.5. The van der Waals surface area contributed by atoms with Crippen LogP contribution in [0.4, 0.5) is 11.4 Å². The number of rotatable bonds is 4. The van der Waals surface area contributed by atoms with E-state index in [2.05, 4.69) is 34.1 Å². The van der Waals surface area contributed by atoms with Crippen LogP contribution < -0.4 is 14.5 Å². The predicted molar refractivity (Wildman–Crippen MR) is 142 cm³/mol. The predicted octanol–water partition coefficient (Wildman–Crippen LogP) is 3.35. The summed E-state index contributed by atoms with van der Waals surface area (Å²) in [6.45, 7) is 9.94. The number of carbonyl (C=O) groups excluding carboxylic acids is 2. The van der Waals surface area contributed by atoms with Crippen LogP contribution in [0.5, 0.6) is 11.5 Å². The highest BCUT2D eigenvalue weighted by Gasteiger charge is 2.21. The van der Waals surface area contributed by atoms with Crippen molar-refractivity contribution < 1.29 is 19.4 Å². The first-order valence-electron chi connectivity index (χ1n) is 13.0. The molecule has 1 saturated carbocycles. The van der Waals surface area contributed by atoms with Crippen molar-refractivity contribution in [3.63, 3.8) is 0 Å². The molecule has 5 rings (SSSR count). The Labute approximate surface area is 214 Å². The number of ether oxygens (including phenoxy) is 1. The fraction of sp³-hybridized carbons (Fsp3) is 0.500. The molecule has 194 valence electrons. The van der Waals surface area contributed by atoms with E-state index < -0.39 is 0 Å². The van der Waals surface area contributed by atoms with Gasteiger partial charge in [-0.2, -0.15) is 0 Å². The third-order valence-corrected chi connectivity index (χ3v) is 7.22. The molecule has 0 spiro atoms. The smallest absolute Gasteiger partial charge is 0.219 e. The standard InChI is InChI=1S/C16H22N2O2.C12H16N2O2/c1-13(19)17-9-11-18(12-10-17)14-5-7-16(8-6-14)20-15-3-2-4-15;1-10(15)13-6-8-14(9-7-13)11-2-4-12(16)5-3-11/h5-8,15H,2-4,9-12H2,1H3;2-5,16H,6-9H2,1H3. The lowest BCUT2D eigenvalue weighted by Crippen LogP contribution is -2.48. The summed E-state index contributed by atoms with van der Waals surface area (Å²) in [5.41, 5.74) is 2.31. The SMILES string of the molecule is CC(=O)N1CCN(c2ccc(O)cc2)CC1.CC(=O)N1CCN(c2ccc(OC3CCC3)cc2)CC1. The number of anilines is 2. The van der Waals surface area contributed by atoms with E-state index in [1.54, 1.807) is 26.0 Å². The molecule has 0 radical (unpaired) electrons. The molecule has 2 aliphatic heterocycles. The van der Waals surface area contributed by atoms with Gasteiger partial charge in [0.25, 0.3) is 0 Å². The van der Waals surface area contributed by atoms with Gasteiger partial charge in [0.1, 0.15) is 11.5 Å². The first-order valence-corrected chi connectivity index (χ1v) is 13.0. The molecule has 0 atom stereocenters. The quantitative estimate of drug-likeness (QED) is 0.703. The molecule has 2 saturated heterocycles. The van der Waals surface area contributed by atoms with Crippen LogP contribution >= 0.6 is 0 Å². The maximum Gasteiger partial charge on any atom is 0.219 e. The Morgan fingerprint density at radius 1 is 0.694 bits per heavy atom. The first kappa shape index (κ1) is 25.7. The second kappa shape index (κ2) is 12.0. The van der Waals surface area contributed by atoms with Crippen LogP contribution in [-0.4, -0.2) is 85.2 Å². The zero-order valence-electron chi connectivity index (χ0n) is 21.4. The zero-order valence-corrected chi connectivity index (χ0v) is 21.4. The number of benzene rings is 2. The van der Waals surface area contributed by atoms with Gasteiger partial charge < -0.3 is 29.4 Å². The van der Waals surface area contributed by atoms with E-state index >= 15 is 0 Å². The number of phenolic OH excluding ortho intramolecular Hbond substituents is 1. The molecule has 1 aliphatic carbocycles. The van der Waals surface area contributed by atoms with Crippen LogP contribution in [-0.2, 0) is 9.59 Å². The molecule has 1 N–H and O–H groups in total. The number of nitrogens with zero attached hydrogens (tertiary/aromatic N) is 4. The van der Waals surface area contributed by atoms with Crippen molar-refractivity contribution in [3.05, 3.63) is 48.5 Å². The van der Waals surface area contributed by atoms with Gasteiger partial charge in [0.05, 0.1) is 6.10 Å². The number of hydrogen-bond donors (Lipinski definition) is 1. The van der Waals surface area contributed by atoms with Gasteiger partial charge in [-0.15, -0.1) is 0 Å². The van der Waals surface area contributed by atoms with E-state index in [9.17, 15) is 14.7 Å². The number of amides is 2. The summed E-state index contributed by atoms with van der Waals surface area (Å²) in [4.78, 5) is 30.8. The molecule has 2 amide bonds.